The molecule has 1 aromatic heterocycles. The van der Waals surface area contributed by atoms with Gasteiger partial charge in [-0.15, -0.1) is 11.3 Å². The Morgan fingerprint density at radius 2 is 2.08 bits per heavy atom. The van der Waals surface area contributed by atoms with E-state index in [1.807, 2.05) is 48.7 Å². The van der Waals surface area contributed by atoms with Crippen molar-refractivity contribution in [2.45, 2.75) is 19.4 Å². The lowest BCUT2D eigenvalue weighted by molar-refractivity contribution is -0.125. The molecule has 4 rings (SSSR count). The van der Waals surface area contributed by atoms with Crippen molar-refractivity contribution in [2.24, 2.45) is 10.9 Å². The Kier molecular flexibility index (Phi) is 4.82. The van der Waals surface area contributed by atoms with E-state index in [9.17, 15) is 9.59 Å². The Balaban J connectivity index is 1.67. The summed E-state index contributed by atoms with van der Waals surface area (Å²) >= 11 is 3.13. The standard InChI is InChI=1S/C19H19N3O2S2/c1-12-4-6-13(7-5-12)22-16(23)11-14(17(22)15-3-2-9-25-15)18(24)21-19-20-8-10-26-19/h2-7,9,14,17H,8,10-11H2,1H3,(H,20,21,24)/t14-,17-/m1/s1. The first-order valence-electron chi connectivity index (χ1n) is 8.54. The van der Waals surface area contributed by atoms with E-state index >= 15 is 0 Å². The molecule has 2 amide bonds. The Hall–Kier alpha value is -2.12. The lowest BCUT2D eigenvalue weighted by Crippen LogP contribution is -2.37. The molecule has 26 heavy (non-hydrogen) atoms. The number of amides is 2. The van der Waals surface area contributed by atoms with Gasteiger partial charge in [-0.05, 0) is 30.5 Å². The highest BCUT2D eigenvalue weighted by Crippen LogP contribution is 2.43. The van der Waals surface area contributed by atoms with E-state index in [1.54, 1.807) is 28.0 Å². The molecule has 1 saturated heterocycles. The van der Waals surface area contributed by atoms with Crippen molar-refractivity contribution in [3.63, 3.8) is 0 Å². The zero-order chi connectivity index (χ0) is 18.1. The number of hydrogen-bond acceptors (Lipinski definition) is 5. The maximum absolute atomic E-state index is 12.9. The molecule has 2 aromatic rings. The molecule has 2 aliphatic heterocycles. The molecule has 0 spiro atoms. The summed E-state index contributed by atoms with van der Waals surface area (Å²) in [6, 6.07) is 11.6. The Morgan fingerprint density at radius 3 is 2.73 bits per heavy atom. The number of amidine groups is 1. The van der Waals surface area contributed by atoms with Gasteiger partial charge >= 0.3 is 0 Å². The first kappa shape index (κ1) is 17.3. The highest BCUT2D eigenvalue weighted by Gasteiger charge is 2.46. The molecular weight excluding hydrogens is 366 g/mol. The molecule has 0 unspecified atom stereocenters. The van der Waals surface area contributed by atoms with Gasteiger partial charge in [0.15, 0.2) is 5.17 Å². The monoisotopic (exact) mass is 385 g/mol. The van der Waals surface area contributed by atoms with Crippen LogP contribution in [0.4, 0.5) is 5.69 Å². The molecule has 3 heterocycles. The zero-order valence-electron chi connectivity index (χ0n) is 14.3. The number of carbonyl (C=O) groups excluding carboxylic acids is 2. The second kappa shape index (κ2) is 7.25. The smallest absolute Gasteiger partial charge is 0.232 e. The highest BCUT2D eigenvalue weighted by atomic mass is 32.2. The number of thiophene rings is 1. The summed E-state index contributed by atoms with van der Waals surface area (Å²) in [5, 5.41) is 5.57. The van der Waals surface area contributed by atoms with Crippen LogP contribution in [0.5, 0.6) is 0 Å². The minimum Gasteiger partial charge on any atom is -0.305 e. The minimum absolute atomic E-state index is 0.0200. The molecule has 7 heteroatoms. The van der Waals surface area contributed by atoms with Crippen molar-refractivity contribution in [3.8, 4) is 0 Å². The molecule has 2 aliphatic rings. The summed E-state index contributed by atoms with van der Waals surface area (Å²) in [6.45, 7) is 2.75. The van der Waals surface area contributed by atoms with Crippen molar-refractivity contribution in [3.05, 3.63) is 52.2 Å². The molecule has 0 bridgehead atoms. The third-order valence-corrected chi connectivity index (χ3v) is 6.46. The Morgan fingerprint density at radius 1 is 1.27 bits per heavy atom. The summed E-state index contributed by atoms with van der Waals surface area (Å²) in [7, 11) is 0. The first-order valence-corrected chi connectivity index (χ1v) is 10.4. The van der Waals surface area contributed by atoms with Crippen LogP contribution < -0.4 is 10.2 Å². The van der Waals surface area contributed by atoms with Crippen LogP contribution in [0.3, 0.4) is 0 Å². The number of aryl methyl sites for hydroxylation is 1. The van der Waals surface area contributed by atoms with E-state index in [1.165, 1.54) is 0 Å². The molecule has 134 valence electrons. The Bertz CT molecular complexity index is 846. The average Bonchev–Trinajstić information content (AvgIpc) is 3.36. The van der Waals surface area contributed by atoms with Crippen LogP contribution in [0.1, 0.15) is 22.9 Å². The van der Waals surface area contributed by atoms with E-state index < -0.39 is 5.92 Å². The minimum atomic E-state index is -0.425. The van der Waals surface area contributed by atoms with Gasteiger partial charge in [-0.1, -0.05) is 35.5 Å². The van der Waals surface area contributed by atoms with Gasteiger partial charge in [0.05, 0.1) is 18.5 Å². The predicted octanol–water partition coefficient (Wildman–Crippen LogP) is 3.37. The van der Waals surface area contributed by atoms with Gasteiger partial charge in [0.2, 0.25) is 11.8 Å². The normalized spacial score (nSPS) is 22.6. The predicted molar refractivity (Wildman–Crippen MR) is 107 cm³/mol. The van der Waals surface area contributed by atoms with Gasteiger partial charge < -0.3 is 10.2 Å². The van der Waals surface area contributed by atoms with Crippen molar-refractivity contribution in [1.29, 1.82) is 0 Å². The summed E-state index contributed by atoms with van der Waals surface area (Å²) < 4.78 is 0. The van der Waals surface area contributed by atoms with Crippen molar-refractivity contribution in [2.75, 3.05) is 17.2 Å². The largest absolute Gasteiger partial charge is 0.305 e. The number of thioether (sulfide) groups is 1. The third kappa shape index (κ3) is 3.29. The van der Waals surface area contributed by atoms with E-state index in [4.69, 9.17) is 0 Å². The number of nitrogens with one attached hydrogen (secondary N) is 1. The molecular formula is C19H19N3O2S2. The van der Waals surface area contributed by atoms with Gasteiger partial charge in [0.1, 0.15) is 0 Å². The number of rotatable bonds is 3. The number of carbonyl (C=O) groups is 2. The fourth-order valence-corrected chi connectivity index (χ4v) is 4.98. The van der Waals surface area contributed by atoms with Crippen LogP contribution >= 0.6 is 23.1 Å². The molecule has 0 radical (unpaired) electrons. The molecule has 0 aliphatic carbocycles. The number of nitrogens with zero attached hydrogens (tertiary/aromatic N) is 2. The molecule has 1 aromatic carbocycles. The lowest BCUT2D eigenvalue weighted by atomic mass is 9.97. The Labute approximate surface area is 160 Å². The van der Waals surface area contributed by atoms with Crippen LogP contribution in [0.25, 0.3) is 0 Å². The average molecular weight is 386 g/mol. The molecule has 5 nitrogen and oxygen atoms in total. The fourth-order valence-electron chi connectivity index (χ4n) is 3.37. The molecule has 1 N–H and O–H groups in total. The van der Waals surface area contributed by atoms with Gasteiger partial charge in [-0.25, -0.2) is 0 Å². The van der Waals surface area contributed by atoms with E-state index in [0.29, 0.717) is 5.17 Å². The van der Waals surface area contributed by atoms with Crippen molar-refractivity contribution < 1.29 is 9.59 Å². The van der Waals surface area contributed by atoms with Crippen molar-refractivity contribution >= 4 is 45.8 Å². The van der Waals surface area contributed by atoms with E-state index in [-0.39, 0.29) is 24.3 Å². The second-order valence-corrected chi connectivity index (χ2v) is 8.46. The molecule has 2 atom stereocenters. The lowest BCUT2D eigenvalue weighted by Gasteiger charge is -2.27. The van der Waals surface area contributed by atoms with Crippen LogP contribution in [0.15, 0.2) is 46.8 Å². The number of anilines is 1. The fraction of sp³-hybridized carbons (Fsp3) is 0.316. The zero-order valence-corrected chi connectivity index (χ0v) is 16.0. The third-order valence-electron chi connectivity index (χ3n) is 4.62. The van der Waals surface area contributed by atoms with Crippen LogP contribution in [-0.4, -0.2) is 29.3 Å². The highest BCUT2D eigenvalue weighted by molar-refractivity contribution is 8.14. The van der Waals surface area contributed by atoms with Crippen LogP contribution in [-0.2, 0) is 9.59 Å². The number of aliphatic imine (C=N–C) groups is 1. The van der Waals surface area contributed by atoms with Gasteiger partial charge in [-0.2, -0.15) is 0 Å². The van der Waals surface area contributed by atoms with Crippen LogP contribution in [0, 0.1) is 12.8 Å². The maximum atomic E-state index is 12.9. The van der Waals surface area contributed by atoms with Gasteiger partial charge in [-0.3, -0.25) is 14.6 Å². The summed E-state index contributed by atoms with van der Waals surface area (Å²) in [5.41, 5.74) is 1.97. The van der Waals surface area contributed by atoms with Crippen LogP contribution in [0.2, 0.25) is 0 Å². The summed E-state index contributed by atoms with van der Waals surface area (Å²) in [6.07, 6.45) is 0.209. The van der Waals surface area contributed by atoms with Crippen molar-refractivity contribution in [1.82, 2.24) is 5.32 Å². The second-order valence-electron chi connectivity index (χ2n) is 6.39. The summed E-state index contributed by atoms with van der Waals surface area (Å²) in [5.74, 6) is 0.322. The molecule has 0 saturated carbocycles. The van der Waals surface area contributed by atoms with E-state index in [0.717, 1.165) is 28.4 Å². The van der Waals surface area contributed by atoms with Gasteiger partial charge in [0.25, 0.3) is 0 Å². The quantitative estimate of drug-likeness (QED) is 0.881. The molecule has 1 fully saturated rings. The number of benzene rings is 1. The van der Waals surface area contributed by atoms with E-state index in [2.05, 4.69) is 10.3 Å². The number of hydrogen-bond donors (Lipinski definition) is 1. The first-order chi connectivity index (χ1) is 12.6. The summed E-state index contributed by atoms with van der Waals surface area (Å²) in [4.78, 5) is 32.8. The topological polar surface area (TPSA) is 61.8 Å². The SMILES string of the molecule is Cc1ccc(N2C(=O)C[C@@H](C(=O)NC3=NCCS3)[C@@H]2c2cccs2)cc1. The van der Waals surface area contributed by atoms with Gasteiger partial charge in [0, 0.05) is 22.7 Å². The maximum Gasteiger partial charge on any atom is 0.232 e.